The van der Waals surface area contributed by atoms with E-state index in [1.54, 1.807) is 36.4 Å². The number of carbonyl (C=O) groups is 1. The first-order valence-electron chi connectivity index (χ1n) is 9.14. The molecule has 0 atom stereocenters. The van der Waals surface area contributed by atoms with E-state index in [2.05, 4.69) is 15.1 Å². The number of benzene rings is 2. The summed E-state index contributed by atoms with van der Waals surface area (Å²) in [5.41, 5.74) is 1.86. The van der Waals surface area contributed by atoms with E-state index in [-0.39, 0.29) is 11.5 Å². The molecule has 28 heavy (non-hydrogen) atoms. The van der Waals surface area contributed by atoms with E-state index in [0.29, 0.717) is 17.2 Å². The van der Waals surface area contributed by atoms with Crippen molar-refractivity contribution < 1.29 is 9.21 Å². The number of nitrogens with zero attached hydrogens (tertiary/aromatic N) is 2. The third-order valence-electron chi connectivity index (χ3n) is 4.84. The molecule has 0 bridgehead atoms. The highest BCUT2D eigenvalue weighted by atomic mass is 35.5. The zero-order valence-corrected chi connectivity index (χ0v) is 16.0. The van der Waals surface area contributed by atoms with Crippen molar-refractivity contribution >= 4 is 39.9 Å². The number of halogens is 1. The van der Waals surface area contributed by atoms with Crippen molar-refractivity contribution in [3.8, 4) is 0 Å². The number of para-hydroxylation sites is 1. The maximum atomic E-state index is 12.3. The van der Waals surface area contributed by atoms with E-state index < -0.39 is 0 Å². The first kappa shape index (κ1) is 18.5. The Morgan fingerprint density at radius 3 is 2.50 bits per heavy atom. The van der Waals surface area contributed by atoms with Gasteiger partial charge in [0.2, 0.25) is 5.91 Å². The molecule has 1 N–H and O–H groups in total. The van der Waals surface area contributed by atoms with Crippen LogP contribution in [0.25, 0.3) is 11.0 Å². The highest BCUT2D eigenvalue weighted by Gasteiger charge is 2.21. The molecule has 144 valence electrons. The van der Waals surface area contributed by atoms with Gasteiger partial charge in [-0.15, -0.1) is 0 Å². The molecule has 1 amide bonds. The first-order chi connectivity index (χ1) is 13.6. The molecule has 7 heteroatoms. The number of hydrogen-bond acceptors (Lipinski definition) is 5. The molecule has 1 fully saturated rings. The molecule has 2 heterocycles. The van der Waals surface area contributed by atoms with E-state index in [4.69, 9.17) is 16.0 Å². The fourth-order valence-corrected chi connectivity index (χ4v) is 3.57. The molecule has 0 unspecified atom stereocenters. The molecule has 1 saturated heterocycles. The van der Waals surface area contributed by atoms with Crippen molar-refractivity contribution in [1.29, 1.82) is 0 Å². The summed E-state index contributed by atoms with van der Waals surface area (Å²) in [6.07, 6.45) is 0. The van der Waals surface area contributed by atoms with Gasteiger partial charge in [-0.05, 0) is 36.4 Å². The van der Waals surface area contributed by atoms with Crippen molar-refractivity contribution in [1.82, 2.24) is 4.90 Å². The monoisotopic (exact) mass is 397 g/mol. The SMILES string of the molecule is O=C(CN1CCN(c2cc(=O)oc3ccccc23)CC1)Nc1ccc(Cl)cc1. The average molecular weight is 398 g/mol. The van der Waals surface area contributed by atoms with E-state index in [9.17, 15) is 9.59 Å². The number of nitrogens with one attached hydrogen (secondary N) is 1. The zero-order chi connectivity index (χ0) is 19.5. The van der Waals surface area contributed by atoms with Crippen LogP contribution in [0.2, 0.25) is 5.02 Å². The molecule has 0 radical (unpaired) electrons. The topological polar surface area (TPSA) is 65.8 Å². The molecular formula is C21H20ClN3O3. The number of rotatable bonds is 4. The lowest BCUT2D eigenvalue weighted by molar-refractivity contribution is -0.117. The van der Waals surface area contributed by atoms with E-state index in [1.165, 1.54) is 0 Å². The maximum absolute atomic E-state index is 12.3. The van der Waals surface area contributed by atoms with E-state index >= 15 is 0 Å². The highest BCUT2D eigenvalue weighted by molar-refractivity contribution is 6.30. The van der Waals surface area contributed by atoms with Crippen LogP contribution in [0.1, 0.15) is 0 Å². The van der Waals surface area contributed by atoms with Gasteiger partial charge < -0.3 is 14.6 Å². The van der Waals surface area contributed by atoms with Gasteiger partial charge in [-0.25, -0.2) is 4.79 Å². The Morgan fingerprint density at radius 1 is 1.04 bits per heavy atom. The van der Waals surface area contributed by atoms with E-state index in [0.717, 1.165) is 42.9 Å². The normalized spacial score (nSPS) is 15.0. The Bertz CT molecular complexity index is 1040. The van der Waals surface area contributed by atoms with Crippen LogP contribution in [0.5, 0.6) is 0 Å². The lowest BCUT2D eigenvalue weighted by Crippen LogP contribution is -2.48. The molecule has 1 aliphatic rings. The Morgan fingerprint density at radius 2 is 1.75 bits per heavy atom. The molecule has 4 rings (SSSR count). The molecule has 0 aliphatic carbocycles. The van der Waals surface area contributed by atoms with Crippen molar-refractivity contribution in [2.24, 2.45) is 0 Å². The summed E-state index contributed by atoms with van der Waals surface area (Å²) in [4.78, 5) is 28.4. The highest BCUT2D eigenvalue weighted by Crippen LogP contribution is 2.25. The largest absolute Gasteiger partial charge is 0.423 e. The summed E-state index contributed by atoms with van der Waals surface area (Å²) < 4.78 is 5.28. The Balaban J connectivity index is 1.38. The predicted molar refractivity (Wildman–Crippen MR) is 111 cm³/mol. The second kappa shape index (κ2) is 8.04. The zero-order valence-electron chi connectivity index (χ0n) is 15.2. The van der Waals surface area contributed by atoms with Crippen LogP contribution in [0.15, 0.2) is 63.8 Å². The smallest absolute Gasteiger partial charge is 0.338 e. The Kier molecular flexibility index (Phi) is 5.32. The molecule has 1 aliphatic heterocycles. The maximum Gasteiger partial charge on any atom is 0.338 e. The molecule has 3 aromatic rings. The minimum absolute atomic E-state index is 0.0541. The second-order valence-corrected chi connectivity index (χ2v) is 7.20. The lowest BCUT2D eigenvalue weighted by Gasteiger charge is -2.36. The molecule has 0 spiro atoms. The summed E-state index contributed by atoms with van der Waals surface area (Å²) in [6, 6.07) is 16.2. The molecular weight excluding hydrogens is 378 g/mol. The van der Waals surface area contributed by atoms with E-state index in [1.807, 2.05) is 18.2 Å². The van der Waals surface area contributed by atoms with Gasteiger partial charge in [0.25, 0.3) is 0 Å². The molecule has 2 aromatic carbocycles. The number of amides is 1. The van der Waals surface area contributed by atoms with Crippen LogP contribution < -0.4 is 15.8 Å². The fourth-order valence-electron chi connectivity index (χ4n) is 3.44. The second-order valence-electron chi connectivity index (χ2n) is 6.77. The molecule has 6 nitrogen and oxygen atoms in total. The fraction of sp³-hybridized carbons (Fsp3) is 0.238. The van der Waals surface area contributed by atoms with Crippen molar-refractivity contribution in [2.45, 2.75) is 0 Å². The molecule has 0 saturated carbocycles. The van der Waals surface area contributed by atoms with Crippen molar-refractivity contribution in [3.63, 3.8) is 0 Å². The van der Waals surface area contributed by atoms with Gasteiger partial charge in [0.05, 0.1) is 12.2 Å². The van der Waals surface area contributed by atoms with Crippen LogP contribution >= 0.6 is 11.6 Å². The minimum atomic E-state index is -0.349. The predicted octanol–water partition coefficient (Wildman–Crippen LogP) is 3.21. The molecule has 1 aromatic heterocycles. The number of carbonyl (C=O) groups excluding carboxylic acids is 1. The summed E-state index contributed by atoms with van der Waals surface area (Å²) in [5.74, 6) is -0.0541. The van der Waals surface area contributed by atoms with Crippen molar-refractivity contribution in [3.05, 3.63) is 70.0 Å². The van der Waals surface area contributed by atoms with Gasteiger partial charge in [-0.2, -0.15) is 0 Å². The van der Waals surface area contributed by atoms with Gasteiger partial charge in [-0.3, -0.25) is 9.69 Å². The first-order valence-corrected chi connectivity index (χ1v) is 9.52. The quantitative estimate of drug-likeness (QED) is 0.685. The van der Waals surface area contributed by atoms with Gasteiger partial charge in [-0.1, -0.05) is 23.7 Å². The summed E-state index contributed by atoms with van der Waals surface area (Å²) in [5, 5.41) is 4.45. The Labute approximate surface area is 167 Å². The number of piperazine rings is 1. The number of anilines is 2. The lowest BCUT2D eigenvalue weighted by atomic mass is 10.1. The van der Waals surface area contributed by atoms with Crippen LogP contribution in [-0.2, 0) is 4.79 Å². The Hall–Kier alpha value is -2.83. The van der Waals surface area contributed by atoms with Crippen LogP contribution in [-0.4, -0.2) is 43.5 Å². The summed E-state index contributed by atoms with van der Waals surface area (Å²) in [6.45, 7) is 3.28. The third kappa shape index (κ3) is 4.18. The number of hydrogen-bond donors (Lipinski definition) is 1. The van der Waals surface area contributed by atoms with Gasteiger partial charge in [0.1, 0.15) is 5.58 Å². The summed E-state index contributed by atoms with van der Waals surface area (Å²) in [7, 11) is 0. The van der Waals surface area contributed by atoms with Gasteiger partial charge in [0, 0.05) is 48.3 Å². The third-order valence-corrected chi connectivity index (χ3v) is 5.09. The van der Waals surface area contributed by atoms with Crippen molar-refractivity contribution in [2.75, 3.05) is 42.9 Å². The minimum Gasteiger partial charge on any atom is -0.423 e. The number of fused-ring (bicyclic) bond motifs is 1. The van der Waals surface area contributed by atoms with Gasteiger partial charge in [0.15, 0.2) is 0 Å². The standard InChI is InChI=1S/C21H20ClN3O3/c22-15-5-7-16(8-6-15)23-20(26)14-24-9-11-25(12-10-24)18-13-21(27)28-19-4-2-1-3-17(18)19/h1-8,13H,9-12,14H2,(H,23,26). The van der Waals surface area contributed by atoms with Crippen LogP contribution in [0.3, 0.4) is 0 Å². The summed E-state index contributed by atoms with van der Waals surface area (Å²) >= 11 is 5.86. The van der Waals surface area contributed by atoms with Gasteiger partial charge >= 0.3 is 5.63 Å². The average Bonchev–Trinajstić information content (AvgIpc) is 2.70. The van der Waals surface area contributed by atoms with Crippen LogP contribution in [0.4, 0.5) is 11.4 Å². The van der Waals surface area contributed by atoms with Crippen LogP contribution in [0, 0.1) is 0 Å².